The minimum absolute atomic E-state index is 0.0519. The molecule has 4 rings (SSSR count). The van der Waals surface area contributed by atoms with E-state index in [1.54, 1.807) is 4.57 Å². The number of para-hydroxylation sites is 2. The summed E-state index contributed by atoms with van der Waals surface area (Å²) < 4.78 is 3.60. The van der Waals surface area contributed by atoms with Gasteiger partial charge in [-0.1, -0.05) is 42.5 Å². The van der Waals surface area contributed by atoms with E-state index in [0.29, 0.717) is 6.42 Å². The number of aryl methyl sites for hydroxylation is 2. The molecule has 6 nitrogen and oxygen atoms in total. The summed E-state index contributed by atoms with van der Waals surface area (Å²) in [5.74, 6) is 0.106. The van der Waals surface area contributed by atoms with Gasteiger partial charge in [-0.2, -0.15) is 0 Å². The summed E-state index contributed by atoms with van der Waals surface area (Å²) >= 11 is 0. The number of piperidine rings is 1. The van der Waals surface area contributed by atoms with Crippen LogP contribution in [0.5, 0.6) is 0 Å². The molecule has 0 unspecified atom stereocenters. The van der Waals surface area contributed by atoms with Crippen molar-refractivity contribution in [2.75, 3.05) is 19.6 Å². The number of likely N-dealkylation sites (tertiary alicyclic amines) is 1. The standard InChI is InChI=1S/C24H30N4O2/c1-26-21-10-5-6-11-22(21)28(24(26)30)15-7-14-27-16-12-20(13-17-27)25-23(29)18-19-8-3-2-4-9-19/h2-6,8-11,20H,7,12-18H2,1H3,(H,25,29). The molecule has 30 heavy (non-hydrogen) atoms. The van der Waals surface area contributed by atoms with Gasteiger partial charge in [0.15, 0.2) is 0 Å². The predicted molar refractivity (Wildman–Crippen MR) is 120 cm³/mol. The number of nitrogens with one attached hydrogen (secondary N) is 1. The van der Waals surface area contributed by atoms with Crippen LogP contribution in [0.1, 0.15) is 24.8 Å². The third kappa shape index (κ3) is 4.65. The number of benzene rings is 2. The Morgan fingerprint density at radius 3 is 2.37 bits per heavy atom. The first-order valence-corrected chi connectivity index (χ1v) is 10.8. The minimum atomic E-state index is 0.0519. The van der Waals surface area contributed by atoms with Crippen molar-refractivity contribution in [2.45, 2.75) is 38.3 Å². The molecule has 0 atom stereocenters. The second kappa shape index (κ2) is 9.30. The van der Waals surface area contributed by atoms with Gasteiger partial charge in [0, 0.05) is 32.7 Å². The Bertz CT molecular complexity index is 1050. The van der Waals surface area contributed by atoms with E-state index in [2.05, 4.69) is 10.2 Å². The summed E-state index contributed by atoms with van der Waals surface area (Å²) in [4.78, 5) is 27.2. The van der Waals surface area contributed by atoms with E-state index in [0.717, 1.165) is 62.0 Å². The average Bonchev–Trinajstić information content (AvgIpc) is 3.01. The third-order valence-corrected chi connectivity index (χ3v) is 6.07. The fourth-order valence-electron chi connectivity index (χ4n) is 4.39. The molecule has 1 aliphatic rings. The number of rotatable bonds is 7. The molecule has 2 heterocycles. The van der Waals surface area contributed by atoms with Crippen molar-refractivity contribution in [1.29, 1.82) is 0 Å². The smallest absolute Gasteiger partial charge is 0.328 e. The summed E-state index contributed by atoms with van der Waals surface area (Å²) in [6.45, 7) is 3.68. The summed E-state index contributed by atoms with van der Waals surface area (Å²) in [6.07, 6.45) is 3.35. The van der Waals surface area contributed by atoms with E-state index in [9.17, 15) is 9.59 Å². The molecule has 1 aromatic heterocycles. The second-order valence-electron chi connectivity index (χ2n) is 8.18. The zero-order chi connectivity index (χ0) is 20.9. The van der Waals surface area contributed by atoms with Gasteiger partial charge in [0.2, 0.25) is 5.91 Å². The molecule has 3 aromatic rings. The molecular weight excluding hydrogens is 376 g/mol. The molecule has 1 amide bonds. The molecule has 1 N–H and O–H groups in total. The van der Waals surface area contributed by atoms with Crippen molar-refractivity contribution < 1.29 is 4.79 Å². The van der Waals surface area contributed by atoms with E-state index in [4.69, 9.17) is 0 Å². The van der Waals surface area contributed by atoms with E-state index >= 15 is 0 Å². The van der Waals surface area contributed by atoms with Crippen LogP contribution in [-0.4, -0.2) is 45.6 Å². The van der Waals surface area contributed by atoms with Crippen molar-refractivity contribution in [1.82, 2.24) is 19.4 Å². The first-order valence-electron chi connectivity index (χ1n) is 10.8. The Labute approximate surface area is 177 Å². The molecule has 0 spiro atoms. The van der Waals surface area contributed by atoms with Crippen LogP contribution in [0.25, 0.3) is 11.0 Å². The summed E-state index contributed by atoms with van der Waals surface area (Å²) in [5.41, 5.74) is 3.09. The van der Waals surface area contributed by atoms with Gasteiger partial charge in [0.25, 0.3) is 0 Å². The Kier molecular flexibility index (Phi) is 6.33. The van der Waals surface area contributed by atoms with Crippen molar-refractivity contribution in [3.8, 4) is 0 Å². The van der Waals surface area contributed by atoms with Crippen molar-refractivity contribution >= 4 is 16.9 Å². The van der Waals surface area contributed by atoms with Crippen LogP contribution in [0.15, 0.2) is 59.4 Å². The Hall–Kier alpha value is -2.86. The van der Waals surface area contributed by atoms with Crippen LogP contribution in [0.4, 0.5) is 0 Å². The maximum absolute atomic E-state index is 12.5. The highest BCUT2D eigenvalue weighted by atomic mass is 16.2. The lowest BCUT2D eigenvalue weighted by atomic mass is 10.0. The fourth-order valence-corrected chi connectivity index (χ4v) is 4.39. The van der Waals surface area contributed by atoms with Gasteiger partial charge in [0.1, 0.15) is 0 Å². The van der Waals surface area contributed by atoms with Crippen molar-refractivity contribution in [3.63, 3.8) is 0 Å². The minimum Gasteiger partial charge on any atom is -0.353 e. The number of fused-ring (bicyclic) bond motifs is 1. The van der Waals surface area contributed by atoms with Gasteiger partial charge in [-0.15, -0.1) is 0 Å². The number of aromatic nitrogens is 2. The summed E-state index contributed by atoms with van der Waals surface area (Å²) in [6, 6.07) is 18.1. The van der Waals surface area contributed by atoms with E-state index in [-0.39, 0.29) is 17.6 Å². The summed E-state index contributed by atoms with van der Waals surface area (Å²) in [7, 11) is 1.83. The Balaban J connectivity index is 1.22. The lowest BCUT2D eigenvalue weighted by Gasteiger charge is -2.32. The zero-order valence-corrected chi connectivity index (χ0v) is 17.6. The first-order chi connectivity index (χ1) is 14.6. The molecule has 1 fully saturated rings. The van der Waals surface area contributed by atoms with Gasteiger partial charge in [0.05, 0.1) is 17.5 Å². The maximum atomic E-state index is 12.5. The van der Waals surface area contributed by atoms with E-state index in [1.807, 2.05) is 66.2 Å². The fraction of sp³-hybridized carbons (Fsp3) is 0.417. The highest BCUT2D eigenvalue weighted by Gasteiger charge is 2.20. The van der Waals surface area contributed by atoms with Crippen LogP contribution in [0, 0.1) is 0 Å². The van der Waals surface area contributed by atoms with Gasteiger partial charge >= 0.3 is 5.69 Å². The highest BCUT2D eigenvalue weighted by molar-refractivity contribution is 5.78. The van der Waals surface area contributed by atoms with Crippen molar-refractivity contribution in [3.05, 3.63) is 70.6 Å². The van der Waals surface area contributed by atoms with E-state index in [1.165, 1.54) is 0 Å². The largest absolute Gasteiger partial charge is 0.353 e. The molecule has 0 saturated carbocycles. The Morgan fingerprint density at radius 1 is 0.967 bits per heavy atom. The normalized spacial score (nSPS) is 15.5. The van der Waals surface area contributed by atoms with Crippen LogP contribution in [-0.2, 0) is 24.8 Å². The molecule has 1 saturated heterocycles. The van der Waals surface area contributed by atoms with Gasteiger partial charge in [-0.25, -0.2) is 4.79 Å². The molecule has 6 heteroatoms. The average molecular weight is 407 g/mol. The quantitative estimate of drug-likeness (QED) is 0.656. The van der Waals surface area contributed by atoms with Crippen molar-refractivity contribution in [2.24, 2.45) is 7.05 Å². The predicted octanol–water partition coefficient (Wildman–Crippen LogP) is 2.55. The van der Waals surface area contributed by atoms with Gasteiger partial charge < -0.3 is 10.2 Å². The van der Waals surface area contributed by atoms with Crippen LogP contribution < -0.4 is 11.0 Å². The van der Waals surface area contributed by atoms with Gasteiger partial charge in [-0.3, -0.25) is 13.9 Å². The molecule has 0 aliphatic carbocycles. The molecule has 0 radical (unpaired) electrons. The lowest BCUT2D eigenvalue weighted by Crippen LogP contribution is -2.45. The lowest BCUT2D eigenvalue weighted by molar-refractivity contribution is -0.121. The van der Waals surface area contributed by atoms with Crippen LogP contribution in [0.2, 0.25) is 0 Å². The third-order valence-electron chi connectivity index (χ3n) is 6.07. The van der Waals surface area contributed by atoms with Crippen LogP contribution in [0.3, 0.4) is 0 Å². The number of imidazole rings is 1. The zero-order valence-electron chi connectivity index (χ0n) is 17.6. The first kappa shape index (κ1) is 20.4. The number of hydrogen-bond acceptors (Lipinski definition) is 3. The molecular formula is C24H30N4O2. The number of amides is 1. The number of hydrogen-bond donors (Lipinski definition) is 1. The highest BCUT2D eigenvalue weighted by Crippen LogP contribution is 2.14. The number of carbonyl (C=O) groups excluding carboxylic acids is 1. The molecule has 0 bridgehead atoms. The maximum Gasteiger partial charge on any atom is 0.328 e. The number of carbonyl (C=O) groups is 1. The molecule has 2 aromatic carbocycles. The van der Waals surface area contributed by atoms with Crippen LogP contribution >= 0.6 is 0 Å². The summed E-state index contributed by atoms with van der Waals surface area (Å²) in [5, 5.41) is 3.19. The topological polar surface area (TPSA) is 59.3 Å². The Morgan fingerprint density at radius 2 is 1.63 bits per heavy atom. The monoisotopic (exact) mass is 406 g/mol. The van der Waals surface area contributed by atoms with Gasteiger partial charge in [-0.05, 0) is 43.5 Å². The second-order valence-corrected chi connectivity index (χ2v) is 8.18. The number of nitrogens with zero attached hydrogens (tertiary/aromatic N) is 3. The molecule has 1 aliphatic heterocycles. The molecule has 158 valence electrons. The SMILES string of the molecule is Cn1c(=O)n(CCCN2CCC(NC(=O)Cc3ccccc3)CC2)c2ccccc21. The van der Waals surface area contributed by atoms with E-state index < -0.39 is 0 Å².